The Bertz CT molecular complexity index is 1130. The lowest BCUT2D eigenvalue weighted by Crippen LogP contribution is -2.20. The minimum atomic E-state index is -0.608. The van der Waals surface area contributed by atoms with E-state index >= 15 is 0 Å². The van der Waals surface area contributed by atoms with Crippen LogP contribution in [0, 0.1) is 0 Å². The van der Waals surface area contributed by atoms with Gasteiger partial charge in [0.1, 0.15) is 12.2 Å². The van der Waals surface area contributed by atoms with Crippen molar-refractivity contribution in [3.63, 3.8) is 0 Å². The molecule has 0 fully saturated rings. The molecule has 0 atom stereocenters. The number of hydrogen-bond acceptors (Lipinski definition) is 3. The van der Waals surface area contributed by atoms with Gasteiger partial charge in [-0.3, -0.25) is 4.79 Å². The van der Waals surface area contributed by atoms with Gasteiger partial charge >= 0.3 is 5.97 Å². The van der Waals surface area contributed by atoms with Gasteiger partial charge in [0, 0.05) is 11.6 Å². The van der Waals surface area contributed by atoms with Crippen molar-refractivity contribution in [2.24, 2.45) is 0 Å². The first kappa shape index (κ1) is 15.1. The third kappa shape index (κ3) is 2.68. The number of esters is 1. The maximum Gasteiger partial charge on any atom is 0.344 e. The highest BCUT2D eigenvalue weighted by Gasteiger charge is 2.19. The number of fused-ring (bicyclic) bond motifs is 3. The highest BCUT2D eigenvalue weighted by molar-refractivity contribution is 6.01. The summed E-state index contributed by atoms with van der Waals surface area (Å²) in [5.74, 6) is -0.608. The highest BCUT2D eigenvalue weighted by atomic mass is 16.5. The summed E-state index contributed by atoms with van der Waals surface area (Å²) in [6.45, 7) is 0.130. The molecule has 0 aliphatic carbocycles. The Morgan fingerprint density at radius 2 is 1.52 bits per heavy atom. The SMILES string of the molecule is O=C(OCc1ccccc1)c1c(=O)c2ccccc2n2ccccc12. The van der Waals surface area contributed by atoms with E-state index in [0.29, 0.717) is 10.9 Å². The van der Waals surface area contributed by atoms with Crippen molar-refractivity contribution in [1.82, 2.24) is 4.40 Å². The lowest BCUT2D eigenvalue weighted by molar-refractivity contribution is 0.0473. The number of aromatic nitrogens is 1. The molecular weight excluding hydrogens is 314 g/mol. The summed E-state index contributed by atoms with van der Waals surface area (Å²) in [6.07, 6.45) is 1.84. The number of para-hydroxylation sites is 1. The van der Waals surface area contributed by atoms with E-state index in [-0.39, 0.29) is 17.6 Å². The molecule has 4 nitrogen and oxygen atoms in total. The second kappa shape index (κ2) is 6.24. The zero-order valence-electron chi connectivity index (χ0n) is 13.4. The van der Waals surface area contributed by atoms with Crippen molar-refractivity contribution in [1.29, 1.82) is 0 Å². The zero-order chi connectivity index (χ0) is 17.2. The largest absolute Gasteiger partial charge is 0.457 e. The predicted molar refractivity (Wildman–Crippen MR) is 96.7 cm³/mol. The molecular formula is C21H15NO3. The predicted octanol–water partition coefficient (Wildman–Crippen LogP) is 3.81. The van der Waals surface area contributed by atoms with E-state index < -0.39 is 5.97 Å². The average Bonchev–Trinajstić information content (AvgIpc) is 2.67. The second-order valence-corrected chi connectivity index (χ2v) is 5.74. The normalized spacial score (nSPS) is 10.9. The van der Waals surface area contributed by atoms with E-state index in [0.717, 1.165) is 11.1 Å². The van der Waals surface area contributed by atoms with Crippen molar-refractivity contribution in [2.75, 3.05) is 0 Å². The monoisotopic (exact) mass is 329 g/mol. The van der Waals surface area contributed by atoms with Crippen molar-refractivity contribution >= 4 is 22.4 Å². The number of nitrogens with zero attached hydrogens (tertiary/aromatic N) is 1. The fraction of sp³-hybridized carbons (Fsp3) is 0.0476. The summed E-state index contributed by atoms with van der Waals surface area (Å²) in [6, 6.07) is 22.1. The first-order chi connectivity index (χ1) is 12.3. The van der Waals surface area contributed by atoms with Crippen LogP contribution in [0.1, 0.15) is 15.9 Å². The lowest BCUT2D eigenvalue weighted by atomic mass is 10.1. The summed E-state index contributed by atoms with van der Waals surface area (Å²) in [5, 5.41) is 0.498. The van der Waals surface area contributed by atoms with Crippen molar-refractivity contribution in [3.05, 3.63) is 100 Å². The number of carbonyl (C=O) groups excluding carboxylic acids is 1. The minimum Gasteiger partial charge on any atom is -0.457 e. The van der Waals surface area contributed by atoms with Crippen molar-refractivity contribution < 1.29 is 9.53 Å². The molecule has 0 amide bonds. The summed E-state index contributed by atoms with van der Waals surface area (Å²) in [7, 11) is 0. The van der Waals surface area contributed by atoms with E-state index in [2.05, 4.69) is 0 Å². The van der Waals surface area contributed by atoms with E-state index in [1.807, 2.05) is 59.1 Å². The Hall–Kier alpha value is -3.40. The summed E-state index contributed by atoms with van der Waals surface area (Å²) in [4.78, 5) is 25.5. The van der Waals surface area contributed by atoms with E-state index in [1.165, 1.54) is 0 Å². The Balaban J connectivity index is 1.84. The molecule has 0 saturated carbocycles. The van der Waals surface area contributed by atoms with Crippen LogP contribution in [-0.2, 0) is 11.3 Å². The number of ether oxygens (including phenoxy) is 1. The molecule has 4 aromatic rings. The van der Waals surface area contributed by atoms with Gasteiger partial charge in [-0.05, 0) is 29.8 Å². The molecule has 4 rings (SSSR count). The molecule has 2 heterocycles. The van der Waals surface area contributed by atoms with Crippen LogP contribution < -0.4 is 5.43 Å². The zero-order valence-corrected chi connectivity index (χ0v) is 13.4. The molecule has 0 bridgehead atoms. The Morgan fingerprint density at radius 3 is 2.36 bits per heavy atom. The fourth-order valence-electron chi connectivity index (χ4n) is 2.98. The second-order valence-electron chi connectivity index (χ2n) is 5.74. The third-order valence-electron chi connectivity index (χ3n) is 4.17. The third-order valence-corrected chi connectivity index (χ3v) is 4.17. The van der Waals surface area contributed by atoms with Crippen LogP contribution >= 0.6 is 0 Å². The molecule has 0 radical (unpaired) electrons. The molecule has 0 aliphatic heterocycles. The smallest absolute Gasteiger partial charge is 0.344 e. The number of rotatable bonds is 3. The molecule has 0 unspecified atom stereocenters. The summed E-state index contributed by atoms with van der Waals surface area (Å²) < 4.78 is 7.24. The summed E-state index contributed by atoms with van der Waals surface area (Å²) in [5.41, 5.74) is 1.95. The van der Waals surface area contributed by atoms with Gasteiger partial charge < -0.3 is 9.14 Å². The number of benzene rings is 2. The van der Waals surface area contributed by atoms with Gasteiger partial charge in [-0.2, -0.15) is 0 Å². The van der Waals surface area contributed by atoms with Crippen molar-refractivity contribution in [2.45, 2.75) is 6.61 Å². The van der Waals surface area contributed by atoms with E-state index in [4.69, 9.17) is 4.74 Å². The topological polar surface area (TPSA) is 47.8 Å². The van der Waals surface area contributed by atoms with Crippen LogP contribution in [0.25, 0.3) is 16.4 Å². The average molecular weight is 329 g/mol. The van der Waals surface area contributed by atoms with Crippen LogP contribution in [0.3, 0.4) is 0 Å². The molecule has 0 spiro atoms. The number of carbonyl (C=O) groups is 1. The molecule has 4 heteroatoms. The first-order valence-corrected chi connectivity index (χ1v) is 7.99. The Kier molecular flexibility index (Phi) is 3.78. The molecule has 0 saturated heterocycles. The maximum atomic E-state index is 12.9. The van der Waals surface area contributed by atoms with Crippen LogP contribution in [-0.4, -0.2) is 10.4 Å². The van der Waals surface area contributed by atoms with Crippen LogP contribution in [0.5, 0.6) is 0 Å². The first-order valence-electron chi connectivity index (χ1n) is 7.99. The van der Waals surface area contributed by atoms with Gasteiger partial charge in [-0.25, -0.2) is 4.79 Å². The fourth-order valence-corrected chi connectivity index (χ4v) is 2.98. The molecule has 122 valence electrons. The molecule has 25 heavy (non-hydrogen) atoms. The highest BCUT2D eigenvalue weighted by Crippen LogP contribution is 2.18. The standard InChI is InChI=1S/C21H15NO3/c23-20-16-10-4-5-11-17(16)22-13-7-6-12-18(22)19(20)21(24)25-14-15-8-2-1-3-9-15/h1-13H,14H2. The van der Waals surface area contributed by atoms with Crippen LogP contribution in [0.4, 0.5) is 0 Å². The maximum absolute atomic E-state index is 12.9. The molecule has 0 N–H and O–H groups in total. The van der Waals surface area contributed by atoms with Gasteiger partial charge in [0.2, 0.25) is 5.43 Å². The van der Waals surface area contributed by atoms with E-state index in [1.54, 1.807) is 24.3 Å². The van der Waals surface area contributed by atoms with E-state index in [9.17, 15) is 9.59 Å². The minimum absolute atomic E-state index is 0.0650. The van der Waals surface area contributed by atoms with Gasteiger partial charge in [0.05, 0.1) is 11.0 Å². The molecule has 2 aromatic carbocycles. The van der Waals surface area contributed by atoms with Gasteiger partial charge in [0.25, 0.3) is 0 Å². The number of hydrogen-bond donors (Lipinski definition) is 0. The Morgan fingerprint density at radius 1 is 0.840 bits per heavy atom. The van der Waals surface area contributed by atoms with Gasteiger partial charge in [-0.15, -0.1) is 0 Å². The molecule has 2 aromatic heterocycles. The quantitative estimate of drug-likeness (QED) is 0.424. The Labute approximate surface area is 143 Å². The summed E-state index contributed by atoms with van der Waals surface area (Å²) >= 11 is 0. The van der Waals surface area contributed by atoms with Crippen LogP contribution in [0.2, 0.25) is 0 Å². The van der Waals surface area contributed by atoms with Gasteiger partial charge in [0.15, 0.2) is 0 Å². The molecule has 0 aliphatic rings. The lowest BCUT2D eigenvalue weighted by Gasteiger charge is -2.11. The van der Waals surface area contributed by atoms with Crippen LogP contribution in [0.15, 0.2) is 83.8 Å². The number of pyridine rings is 2. The van der Waals surface area contributed by atoms with Gasteiger partial charge in [-0.1, -0.05) is 48.5 Å². The van der Waals surface area contributed by atoms with Crippen molar-refractivity contribution in [3.8, 4) is 0 Å².